The fourth-order valence-corrected chi connectivity index (χ4v) is 2.30. The quantitative estimate of drug-likeness (QED) is 0.899. The third-order valence-electron chi connectivity index (χ3n) is 2.30. The first kappa shape index (κ1) is 12.1. The molecule has 0 spiro atoms. The number of hydrogen-bond donors (Lipinski definition) is 1. The van der Waals surface area contributed by atoms with Crippen LogP contribution >= 0.6 is 11.6 Å². The third kappa shape index (κ3) is 2.33. The van der Waals surface area contributed by atoms with Crippen LogP contribution in [0.25, 0.3) is 5.69 Å². The molecule has 0 aliphatic rings. The zero-order valence-electron chi connectivity index (χ0n) is 8.96. The second-order valence-corrected chi connectivity index (χ2v) is 5.50. The highest BCUT2D eigenvalue weighted by Gasteiger charge is 2.16. The summed E-state index contributed by atoms with van der Waals surface area (Å²) >= 11 is 5.88. The summed E-state index contributed by atoms with van der Waals surface area (Å²) in [6.07, 6.45) is 1.38. The largest absolute Gasteiger partial charge is 0.255 e. The number of hydrogen-bond acceptors (Lipinski definition) is 3. The van der Waals surface area contributed by atoms with E-state index in [0.29, 0.717) is 10.7 Å². The van der Waals surface area contributed by atoms with Crippen LogP contribution < -0.4 is 5.14 Å². The van der Waals surface area contributed by atoms with Crippen LogP contribution in [-0.2, 0) is 10.0 Å². The average molecular weight is 272 g/mol. The maximum Gasteiger partial charge on any atom is 0.255 e. The lowest BCUT2D eigenvalue weighted by atomic mass is 10.2. The molecule has 1 aromatic heterocycles. The Morgan fingerprint density at radius 2 is 2.06 bits per heavy atom. The lowest BCUT2D eigenvalue weighted by molar-refractivity contribution is 0.587. The van der Waals surface area contributed by atoms with Crippen molar-refractivity contribution in [3.8, 4) is 5.69 Å². The molecule has 0 aliphatic heterocycles. The summed E-state index contributed by atoms with van der Waals surface area (Å²) in [5.74, 6) is 0. The van der Waals surface area contributed by atoms with Crippen LogP contribution in [0.1, 0.15) is 5.56 Å². The molecule has 7 heteroatoms. The van der Waals surface area contributed by atoms with Crippen LogP contribution in [0.15, 0.2) is 35.5 Å². The first-order chi connectivity index (χ1) is 7.89. The first-order valence-corrected chi connectivity index (χ1v) is 6.65. The molecule has 1 heterocycles. The van der Waals surface area contributed by atoms with Crippen LogP contribution in [0, 0.1) is 6.92 Å². The predicted octanol–water partition coefficient (Wildman–Crippen LogP) is 1.48. The van der Waals surface area contributed by atoms with E-state index in [9.17, 15) is 8.42 Å². The average Bonchev–Trinajstić information content (AvgIpc) is 2.69. The number of halogens is 1. The smallest absolute Gasteiger partial charge is 0.223 e. The maximum absolute atomic E-state index is 11.4. The number of aromatic nitrogens is 2. The molecule has 0 saturated carbocycles. The Morgan fingerprint density at radius 3 is 2.71 bits per heavy atom. The third-order valence-corrected chi connectivity index (χ3v) is 3.43. The van der Waals surface area contributed by atoms with Gasteiger partial charge in [-0.25, -0.2) is 18.2 Å². The molecule has 5 nitrogen and oxygen atoms in total. The summed E-state index contributed by atoms with van der Waals surface area (Å²) < 4.78 is 24.0. The van der Waals surface area contributed by atoms with Gasteiger partial charge in [0.2, 0.25) is 0 Å². The molecule has 2 aromatic rings. The Hall–Kier alpha value is -1.37. The summed E-state index contributed by atoms with van der Waals surface area (Å²) in [6, 6.07) is 6.49. The van der Waals surface area contributed by atoms with Gasteiger partial charge >= 0.3 is 0 Å². The van der Waals surface area contributed by atoms with Crippen molar-refractivity contribution in [1.29, 1.82) is 0 Å². The number of rotatable bonds is 2. The van der Waals surface area contributed by atoms with Crippen molar-refractivity contribution in [1.82, 2.24) is 9.78 Å². The molecule has 90 valence electrons. The van der Waals surface area contributed by atoms with Crippen LogP contribution in [0.3, 0.4) is 0 Å². The lowest BCUT2D eigenvalue weighted by Crippen LogP contribution is -2.17. The van der Waals surface area contributed by atoms with Gasteiger partial charge in [0.1, 0.15) is 0 Å². The molecule has 0 atom stereocenters. The molecule has 0 bridgehead atoms. The van der Waals surface area contributed by atoms with Crippen molar-refractivity contribution in [3.05, 3.63) is 41.0 Å². The number of nitrogens with two attached hydrogens (primary N) is 1. The maximum atomic E-state index is 11.4. The standard InChI is InChI=1S/C10H10ClN3O2S/c1-7-2-3-8(11)6-9(7)14-10(4-5-13-14)17(12,15)16/h2-6H,1H3,(H2,12,15,16). The van der Waals surface area contributed by atoms with Crippen LogP contribution in [0.5, 0.6) is 0 Å². The second-order valence-electron chi connectivity index (χ2n) is 3.56. The topological polar surface area (TPSA) is 78.0 Å². The highest BCUT2D eigenvalue weighted by Crippen LogP contribution is 2.21. The first-order valence-electron chi connectivity index (χ1n) is 4.73. The van der Waals surface area contributed by atoms with Crippen molar-refractivity contribution in [2.45, 2.75) is 11.9 Å². The monoisotopic (exact) mass is 271 g/mol. The summed E-state index contributed by atoms with van der Waals surface area (Å²) in [5.41, 5.74) is 1.44. The van der Waals surface area contributed by atoms with E-state index in [1.54, 1.807) is 18.2 Å². The van der Waals surface area contributed by atoms with Crippen molar-refractivity contribution < 1.29 is 8.42 Å². The van der Waals surface area contributed by atoms with Crippen LogP contribution in [-0.4, -0.2) is 18.2 Å². The molecule has 2 rings (SSSR count). The van der Waals surface area contributed by atoms with Gasteiger partial charge in [0.15, 0.2) is 5.03 Å². The molecule has 0 fully saturated rings. The van der Waals surface area contributed by atoms with Gasteiger partial charge in [0, 0.05) is 5.02 Å². The van der Waals surface area contributed by atoms with Crippen molar-refractivity contribution in [2.75, 3.05) is 0 Å². The molecule has 0 saturated heterocycles. The van der Waals surface area contributed by atoms with Gasteiger partial charge in [0.25, 0.3) is 10.0 Å². The van der Waals surface area contributed by atoms with Gasteiger partial charge in [-0.1, -0.05) is 17.7 Å². The Kier molecular flexibility index (Phi) is 2.94. The fourth-order valence-electron chi connectivity index (χ4n) is 1.50. The Morgan fingerprint density at radius 1 is 1.35 bits per heavy atom. The Bertz CT molecular complexity index is 664. The molecule has 2 N–H and O–H groups in total. The van der Waals surface area contributed by atoms with Crippen molar-refractivity contribution >= 4 is 21.6 Å². The number of sulfonamides is 1. The lowest BCUT2D eigenvalue weighted by Gasteiger charge is -2.09. The van der Waals surface area contributed by atoms with E-state index in [1.807, 2.05) is 6.92 Å². The van der Waals surface area contributed by atoms with E-state index < -0.39 is 10.0 Å². The molecule has 0 unspecified atom stereocenters. The molecular formula is C10H10ClN3O2S. The summed E-state index contributed by atoms with van der Waals surface area (Å²) in [7, 11) is -3.81. The Labute approximate surface area is 104 Å². The summed E-state index contributed by atoms with van der Waals surface area (Å²) in [4.78, 5) is 0. The number of aryl methyl sites for hydroxylation is 1. The zero-order valence-corrected chi connectivity index (χ0v) is 10.5. The highest BCUT2D eigenvalue weighted by atomic mass is 35.5. The van der Waals surface area contributed by atoms with Gasteiger partial charge in [-0.05, 0) is 30.7 Å². The fraction of sp³-hybridized carbons (Fsp3) is 0.100. The van der Waals surface area contributed by atoms with Crippen molar-refractivity contribution in [3.63, 3.8) is 0 Å². The van der Waals surface area contributed by atoms with Crippen LogP contribution in [0.2, 0.25) is 5.02 Å². The summed E-state index contributed by atoms with van der Waals surface area (Å²) in [6.45, 7) is 1.83. The zero-order chi connectivity index (χ0) is 12.6. The molecule has 0 aliphatic carbocycles. The predicted molar refractivity (Wildman–Crippen MR) is 64.7 cm³/mol. The highest BCUT2D eigenvalue weighted by molar-refractivity contribution is 7.89. The number of primary sulfonamides is 1. The van der Waals surface area contributed by atoms with Gasteiger partial charge in [-0.15, -0.1) is 0 Å². The minimum Gasteiger partial charge on any atom is -0.223 e. The van der Waals surface area contributed by atoms with E-state index in [1.165, 1.54) is 16.9 Å². The van der Waals surface area contributed by atoms with Gasteiger partial charge in [0.05, 0.1) is 11.9 Å². The molecule has 0 radical (unpaired) electrons. The second kappa shape index (κ2) is 4.14. The molecule has 0 amide bonds. The Balaban J connectivity index is 2.70. The molecule has 1 aromatic carbocycles. The minimum atomic E-state index is -3.81. The SMILES string of the molecule is Cc1ccc(Cl)cc1-n1nccc1S(N)(=O)=O. The van der Waals surface area contributed by atoms with E-state index in [0.717, 1.165) is 5.56 Å². The molecule has 17 heavy (non-hydrogen) atoms. The number of nitrogens with zero attached hydrogens (tertiary/aromatic N) is 2. The van der Waals surface area contributed by atoms with Crippen molar-refractivity contribution in [2.24, 2.45) is 5.14 Å². The van der Waals surface area contributed by atoms with E-state index in [-0.39, 0.29) is 5.03 Å². The van der Waals surface area contributed by atoms with Gasteiger partial charge in [-0.2, -0.15) is 5.10 Å². The normalized spacial score (nSPS) is 11.7. The van der Waals surface area contributed by atoms with E-state index >= 15 is 0 Å². The molecular weight excluding hydrogens is 262 g/mol. The van der Waals surface area contributed by atoms with E-state index in [4.69, 9.17) is 16.7 Å². The summed E-state index contributed by atoms with van der Waals surface area (Å²) in [5, 5.41) is 9.49. The van der Waals surface area contributed by atoms with Gasteiger partial charge < -0.3 is 0 Å². The van der Waals surface area contributed by atoms with Gasteiger partial charge in [-0.3, -0.25) is 0 Å². The van der Waals surface area contributed by atoms with E-state index in [2.05, 4.69) is 5.10 Å². The minimum absolute atomic E-state index is 0.0668. The van der Waals surface area contributed by atoms with Crippen LogP contribution in [0.4, 0.5) is 0 Å². The number of benzene rings is 1.